The number of hydrogen-bond acceptors (Lipinski definition) is 4. The van der Waals surface area contributed by atoms with E-state index in [1.54, 1.807) is 22.7 Å². The van der Waals surface area contributed by atoms with E-state index < -0.39 is 0 Å². The Kier molecular flexibility index (Phi) is 31.3. The highest BCUT2D eigenvalue weighted by atomic mass is 32.1. The van der Waals surface area contributed by atoms with Gasteiger partial charge < -0.3 is 9.47 Å². The highest BCUT2D eigenvalue weighted by Crippen LogP contribution is 2.40. The van der Waals surface area contributed by atoms with Crippen LogP contribution in [0.5, 0.6) is 11.5 Å². The van der Waals surface area contributed by atoms with Crippen molar-refractivity contribution in [3.05, 3.63) is 163 Å². The zero-order valence-corrected chi connectivity index (χ0v) is 51.3. The van der Waals surface area contributed by atoms with Crippen molar-refractivity contribution in [1.29, 1.82) is 0 Å². The van der Waals surface area contributed by atoms with Crippen molar-refractivity contribution >= 4 is 22.7 Å². The van der Waals surface area contributed by atoms with Crippen molar-refractivity contribution in [2.45, 2.75) is 220 Å². The van der Waals surface area contributed by atoms with Crippen LogP contribution in [-0.4, -0.2) is 13.2 Å². The second kappa shape index (κ2) is 39.5. The summed E-state index contributed by atoms with van der Waals surface area (Å²) in [6, 6.07) is 38.5. The van der Waals surface area contributed by atoms with Gasteiger partial charge in [-0.15, -0.1) is 22.7 Å². The third-order valence-corrected chi connectivity index (χ3v) is 17.1. The fourth-order valence-corrected chi connectivity index (χ4v) is 11.9. The van der Waals surface area contributed by atoms with E-state index in [0.29, 0.717) is 0 Å². The van der Waals surface area contributed by atoms with Gasteiger partial charge in [0.25, 0.3) is 0 Å². The maximum absolute atomic E-state index is 6.14. The van der Waals surface area contributed by atoms with Crippen LogP contribution in [0.4, 0.5) is 0 Å². The highest BCUT2D eigenvalue weighted by molar-refractivity contribution is 7.23. The van der Waals surface area contributed by atoms with Gasteiger partial charge in [0.05, 0.1) is 32.7 Å². The van der Waals surface area contributed by atoms with Crippen LogP contribution in [-0.2, 0) is 12.8 Å². The molecule has 0 saturated carbocycles. The lowest BCUT2D eigenvalue weighted by molar-refractivity contribution is 0.304. The fraction of sp³-hybridized carbons (Fsp3) is 0.474. The van der Waals surface area contributed by atoms with E-state index in [4.69, 9.17) is 9.47 Å². The smallest absolute Gasteiger partial charge is 0.119 e. The molecule has 2 heterocycles. The summed E-state index contributed by atoms with van der Waals surface area (Å²) in [5.74, 6) is 30.1. The molecular formula is C76H94O2S2. The van der Waals surface area contributed by atoms with Crippen LogP contribution in [0.3, 0.4) is 0 Å². The van der Waals surface area contributed by atoms with Crippen LogP contribution in [0.2, 0.25) is 0 Å². The molecule has 0 radical (unpaired) electrons. The summed E-state index contributed by atoms with van der Waals surface area (Å²) in [6.07, 6.45) is 38.5. The van der Waals surface area contributed by atoms with Crippen molar-refractivity contribution in [2.75, 3.05) is 13.2 Å². The van der Waals surface area contributed by atoms with Gasteiger partial charge in [-0.05, 0) is 135 Å². The minimum atomic E-state index is 0.743. The number of ether oxygens (including phenoxy) is 2. The second-order valence-electron chi connectivity index (χ2n) is 21.8. The topological polar surface area (TPSA) is 18.5 Å². The molecule has 0 N–H and O–H groups in total. The minimum Gasteiger partial charge on any atom is -0.494 e. The summed E-state index contributed by atoms with van der Waals surface area (Å²) in [5.41, 5.74) is 8.57. The van der Waals surface area contributed by atoms with E-state index in [1.165, 1.54) is 178 Å². The molecular weight excluding hydrogens is 1010 g/mol. The molecule has 4 heteroatoms. The number of aryl methyl sites for hydroxylation is 2. The molecule has 0 amide bonds. The van der Waals surface area contributed by atoms with Crippen LogP contribution in [0.15, 0.2) is 109 Å². The van der Waals surface area contributed by atoms with Gasteiger partial charge in [0, 0.05) is 33.4 Å². The Morgan fingerprint density at radius 1 is 0.287 bits per heavy atom. The number of rotatable bonds is 35. The Hall–Kier alpha value is -5.88. The Morgan fingerprint density at radius 2 is 0.562 bits per heavy atom. The van der Waals surface area contributed by atoms with Crippen LogP contribution < -0.4 is 9.47 Å². The zero-order chi connectivity index (χ0) is 55.9. The number of unbranched alkanes of at least 4 members (excludes halogenated alkanes) is 24. The van der Waals surface area contributed by atoms with Gasteiger partial charge in [-0.2, -0.15) is 0 Å². The Balaban J connectivity index is 1.25. The van der Waals surface area contributed by atoms with Gasteiger partial charge in [0.2, 0.25) is 0 Å². The lowest BCUT2D eigenvalue weighted by atomic mass is 10.0. The molecule has 422 valence electrons. The van der Waals surface area contributed by atoms with Crippen LogP contribution in [0.1, 0.15) is 262 Å². The molecule has 0 fully saturated rings. The molecule has 6 aromatic rings. The van der Waals surface area contributed by atoms with E-state index in [-0.39, 0.29) is 0 Å². The van der Waals surface area contributed by atoms with Crippen molar-refractivity contribution in [3.63, 3.8) is 0 Å². The first kappa shape index (κ1) is 63.3. The maximum atomic E-state index is 6.14. The predicted octanol–water partition coefficient (Wildman–Crippen LogP) is 21.9. The monoisotopic (exact) mass is 1100 g/mol. The molecule has 0 bridgehead atoms. The summed E-state index contributed by atoms with van der Waals surface area (Å²) < 4.78 is 12.3. The first-order valence-electron chi connectivity index (χ1n) is 31.5. The average Bonchev–Trinajstić information content (AvgIpc) is 4.17. The highest BCUT2D eigenvalue weighted by Gasteiger charge is 2.17. The molecule has 0 saturated heterocycles. The van der Waals surface area contributed by atoms with Crippen molar-refractivity contribution < 1.29 is 9.47 Å². The van der Waals surface area contributed by atoms with Gasteiger partial charge in [-0.1, -0.05) is 253 Å². The van der Waals surface area contributed by atoms with Gasteiger partial charge in [0.1, 0.15) is 11.5 Å². The number of hydrogen-bond donors (Lipinski definition) is 0. The third-order valence-electron chi connectivity index (χ3n) is 14.8. The molecule has 6 rings (SSSR count). The maximum Gasteiger partial charge on any atom is 0.119 e. The third kappa shape index (κ3) is 25.3. The summed E-state index contributed by atoms with van der Waals surface area (Å²) in [6.45, 7) is 10.6. The molecule has 80 heavy (non-hydrogen) atoms. The van der Waals surface area contributed by atoms with Crippen LogP contribution in [0, 0.1) is 47.4 Å². The van der Waals surface area contributed by atoms with Gasteiger partial charge in [-0.3, -0.25) is 0 Å². The molecule has 2 aromatic heterocycles. The first-order chi connectivity index (χ1) is 39.5. The van der Waals surface area contributed by atoms with E-state index in [0.717, 1.165) is 103 Å². The predicted molar refractivity (Wildman–Crippen MR) is 348 cm³/mol. The fourth-order valence-electron chi connectivity index (χ4n) is 9.82. The number of benzene rings is 4. The molecule has 0 atom stereocenters. The summed E-state index contributed by atoms with van der Waals surface area (Å²) in [5, 5.41) is 0. The van der Waals surface area contributed by atoms with Gasteiger partial charge >= 0.3 is 0 Å². The van der Waals surface area contributed by atoms with Crippen LogP contribution in [0.25, 0.3) is 9.75 Å². The van der Waals surface area contributed by atoms with Crippen molar-refractivity contribution in [3.8, 4) is 68.6 Å². The zero-order valence-electron chi connectivity index (χ0n) is 49.7. The second-order valence-corrected chi connectivity index (χ2v) is 23.9. The first-order valence-corrected chi connectivity index (χ1v) is 33.2. The Morgan fingerprint density at radius 3 is 0.887 bits per heavy atom. The van der Waals surface area contributed by atoms with Crippen molar-refractivity contribution in [1.82, 2.24) is 0 Å². The summed E-state index contributed by atoms with van der Waals surface area (Å²) >= 11 is 3.38. The van der Waals surface area contributed by atoms with E-state index in [2.05, 4.69) is 160 Å². The molecule has 0 unspecified atom stereocenters. The molecule has 0 aliphatic carbocycles. The van der Waals surface area contributed by atoms with E-state index in [9.17, 15) is 0 Å². The molecule has 0 aliphatic heterocycles. The molecule has 0 aliphatic rings. The number of thiophene rings is 2. The molecule has 2 nitrogen and oxygen atoms in total. The van der Waals surface area contributed by atoms with E-state index in [1.807, 2.05) is 24.3 Å². The molecule has 0 spiro atoms. The largest absolute Gasteiger partial charge is 0.494 e. The Bertz CT molecular complexity index is 2680. The lowest BCUT2D eigenvalue weighted by Crippen LogP contribution is -1.97. The Labute approximate surface area is 494 Å². The SMILES string of the molecule is CCCCCCCCCOc1ccc(C#Cc2cc(C#Cc3ccc(CCCCCCCCC)cc3)sc2-c2sc(C#Cc3ccc(CCCCCCCCC)cc3)cc2C#Cc2ccc(OCCCCCCCCC)cc2)cc1. The van der Waals surface area contributed by atoms with Crippen LogP contribution >= 0.6 is 22.7 Å². The quantitative estimate of drug-likeness (QED) is 0.0292. The average molecular weight is 1100 g/mol. The minimum absolute atomic E-state index is 0.743. The van der Waals surface area contributed by atoms with Crippen molar-refractivity contribution in [2.24, 2.45) is 0 Å². The standard InChI is InChI=1S/C76H94O2S2/c1-5-9-13-17-21-25-29-33-63-35-39-65(40-36-63)49-57-73-61-69(51-43-67-45-53-71(54-46-67)77-59-31-27-23-19-15-11-7-3)75(79-73)76-70(52-44-68-47-55-72(56-48-68)78-60-32-28-24-20-16-12-8-4)62-74(80-76)58-50-66-41-37-64(38-42-66)34-30-26-22-18-14-10-6-2/h35-42,45-48,53-56,61-62H,5-34,59-60H2,1-4H3. The summed E-state index contributed by atoms with van der Waals surface area (Å²) in [4.78, 5) is 4.06. The van der Waals surface area contributed by atoms with Gasteiger partial charge in [0.15, 0.2) is 0 Å². The van der Waals surface area contributed by atoms with Gasteiger partial charge in [-0.25, -0.2) is 0 Å². The normalized spacial score (nSPS) is 10.7. The van der Waals surface area contributed by atoms with E-state index >= 15 is 0 Å². The lowest BCUT2D eigenvalue weighted by Gasteiger charge is -2.06. The summed E-state index contributed by atoms with van der Waals surface area (Å²) in [7, 11) is 0. The molecule has 4 aromatic carbocycles.